The molecule has 19 heteroatoms. The minimum absolute atomic E-state index is 0.0693. The average molecular weight is 665 g/mol. The first-order valence-electron chi connectivity index (χ1n) is 11.2. The Hall–Kier alpha value is -3.57. The first-order chi connectivity index (χ1) is 19.3. The van der Waals surface area contributed by atoms with Gasteiger partial charge in [0.25, 0.3) is 5.91 Å². The molecule has 2 atom stereocenters. The van der Waals surface area contributed by atoms with E-state index in [0.29, 0.717) is 6.07 Å². The summed E-state index contributed by atoms with van der Waals surface area (Å²) in [7, 11) is 0. The molecule has 0 aromatic heterocycles. The summed E-state index contributed by atoms with van der Waals surface area (Å²) in [6.45, 7) is -1.02. The van der Waals surface area contributed by atoms with Gasteiger partial charge in [-0.15, -0.1) is 0 Å². The number of benzene rings is 2. The van der Waals surface area contributed by atoms with Gasteiger partial charge in [-0.2, -0.15) is 52.7 Å². The molecule has 2 N–H and O–H groups in total. The van der Waals surface area contributed by atoms with Gasteiger partial charge in [0.2, 0.25) is 5.91 Å². The van der Waals surface area contributed by atoms with Crippen molar-refractivity contribution < 1.29 is 71.1 Å². The Balaban J connectivity index is 2.52. The maximum atomic E-state index is 14.9. The lowest BCUT2D eigenvalue weighted by Crippen LogP contribution is -2.47. The molecule has 0 aliphatic heterocycles. The molecule has 43 heavy (non-hydrogen) atoms. The molecule has 2 aromatic rings. The largest absolute Gasteiger partial charge is 0.417 e. The number of allylic oxidation sites excluding steroid dienone is 1. The van der Waals surface area contributed by atoms with Gasteiger partial charge in [0.15, 0.2) is 0 Å². The fourth-order valence-electron chi connectivity index (χ4n) is 3.42. The monoisotopic (exact) mass is 664 g/mol. The van der Waals surface area contributed by atoms with Crippen molar-refractivity contribution in [1.29, 1.82) is 0 Å². The SMILES string of the molecule is C[C@@H](NC(=O)c1ccc(/C(F)=C/C(c2cc(F)c(Cl)c(C(F)(F)F)c2)C(F)(F)F)cc1C(F)(F)F)C(=O)NCC(F)(F)F. The van der Waals surface area contributed by atoms with Crippen LogP contribution in [-0.4, -0.2) is 36.8 Å². The zero-order valence-corrected chi connectivity index (χ0v) is 21.6. The number of hydrogen-bond acceptors (Lipinski definition) is 2. The van der Waals surface area contributed by atoms with Gasteiger partial charge in [-0.3, -0.25) is 9.59 Å². The van der Waals surface area contributed by atoms with Gasteiger partial charge in [-0.25, -0.2) is 8.78 Å². The lowest BCUT2D eigenvalue weighted by Gasteiger charge is -2.20. The summed E-state index contributed by atoms with van der Waals surface area (Å²) in [5.74, 6) is -10.5. The average Bonchev–Trinajstić information content (AvgIpc) is 2.84. The highest BCUT2D eigenvalue weighted by atomic mass is 35.5. The molecule has 0 fully saturated rings. The topological polar surface area (TPSA) is 58.2 Å². The third kappa shape index (κ3) is 9.46. The normalized spacial score (nSPS) is 14.7. The van der Waals surface area contributed by atoms with Gasteiger partial charge in [-0.05, 0) is 42.8 Å². The molecule has 0 bridgehead atoms. The van der Waals surface area contributed by atoms with E-state index < -0.39 is 106 Å². The maximum absolute atomic E-state index is 14.9. The summed E-state index contributed by atoms with van der Waals surface area (Å²) in [6, 6.07) is -1.59. The van der Waals surface area contributed by atoms with Crippen LogP contribution in [0.3, 0.4) is 0 Å². The maximum Gasteiger partial charge on any atom is 0.417 e. The number of carbonyl (C=O) groups is 2. The lowest BCUT2D eigenvalue weighted by atomic mass is 9.94. The van der Waals surface area contributed by atoms with Crippen LogP contribution in [0.1, 0.15) is 45.5 Å². The Labute approximate surface area is 236 Å². The van der Waals surface area contributed by atoms with Crippen molar-refractivity contribution in [2.75, 3.05) is 6.54 Å². The predicted octanol–water partition coefficient (Wildman–Crippen LogP) is 7.97. The molecular formula is C24H15ClF14N2O2. The number of halogens is 15. The minimum atomic E-state index is -5.60. The Bertz CT molecular complexity index is 1390. The summed E-state index contributed by atoms with van der Waals surface area (Å²) in [5, 5.41) is 1.46. The molecule has 4 nitrogen and oxygen atoms in total. The quantitative estimate of drug-likeness (QED) is 0.295. The van der Waals surface area contributed by atoms with Gasteiger partial charge in [0.05, 0.1) is 21.7 Å². The highest BCUT2D eigenvalue weighted by Crippen LogP contribution is 2.43. The second kappa shape index (κ2) is 12.6. The molecule has 0 spiro atoms. The van der Waals surface area contributed by atoms with E-state index in [-0.39, 0.29) is 24.3 Å². The standard InChI is InChI=1S/C24H15ClF14N2O2/c1-9(19(42)40-8-21(28,29)30)41-20(43)12-3-2-10(4-14(12)23(34,35)36)16(26)7-13(22(31,32)33)11-5-15(24(37,38)39)18(25)17(27)6-11/h2-7,9,13H,8H2,1H3,(H,40,42)(H,41,43)/b16-7-/t9-,13?/m1/s1. The van der Waals surface area contributed by atoms with E-state index in [1.54, 1.807) is 5.32 Å². The first kappa shape index (κ1) is 35.6. The first-order valence-corrected chi connectivity index (χ1v) is 11.6. The summed E-state index contributed by atoms with van der Waals surface area (Å²) in [5.41, 5.74) is -8.07. The van der Waals surface area contributed by atoms with Crippen molar-refractivity contribution in [3.05, 3.63) is 75.1 Å². The summed E-state index contributed by atoms with van der Waals surface area (Å²) in [6.07, 6.45) is -21.8. The van der Waals surface area contributed by atoms with Gasteiger partial charge in [0, 0.05) is 5.56 Å². The molecule has 0 heterocycles. The van der Waals surface area contributed by atoms with E-state index in [1.165, 1.54) is 5.32 Å². The van der Waals surface area contributed by atoms with E-state index in [1.807, 2.05) is 0 Å². The van der Waals surface area contributed by atoms with Crippen molar-refractivity contribution in [2.45, 2.75) is 43.6 Å². The summed E-state index contributed by atoms with van der Waals surface area (Å²) < 4.78 is 187. The van der Waals surface area contributed by atoms with Crippen LogP contribution in [0.2, 0.25) is 5.02 Å². The molecule has 2 rings (SSSR count). The summed E-state index contributed by atoms with van der Waals surface area (Å²) >= 11 is 5.18. The zero-order valence-electron chi connectivity index (χ0n) is 20.8. The second-order valence-electron chi connectivity index (χ2n) is 8.68. The van der Waals surface area contributed by atoms with Gasteiger partial charge < -0.3 is 10.6 Å². The molecule has 1 unspecified atom stereocenters. The third-order valence-corrected chi connectivity index (χ3v) is 5.81. The van der Waals surface area contributed by atoms with Crippen LogP contribution in [-0.2, 0) is 17.1 Å². The Morgan fingerprint density at radius 1 is 0.884 bits per heavy atom. The molecule has 238 valence electrons. The fraction of sp³-hybridized carbons (Fsp3) is 0.333. The number of rotatable bonds is 7. The lowest BCUT2D eigenvalue weighted by molar-refractivity contribution is -0.142. The highest BCUT2D eigenvalue weighted by molar-refractivity contribution is 6.31. The van der Waals surface area contributed by atoms with Crippen molar-refractivity contribution >= 4 is 29.2 Å². The van der Waals surface area contributed by atoms with E-state index in [9.17, 15) is 71.1 Å². The molecule has 2 aromatic carbocycles. The van der Waals surface area contributed by atoms with Crippen LogP contribution < -0.4 is 10.6 Å². The number of carbonyl (C=O) groups excluding carboxylic acids is 2. The van der Waals surface area contributed by atoms with Crippen LogP contribution in [0.15, 0.2) is 36.4 Å². The molecular weight excluding hydrogens is 650 g/mol. The van der Waals surface area contributed by atoms with E-state index in [2.05, 4.69) is 0 Å². The molecule has 0 saturated carbocycles. The third-order valence-electron chi connectivity index (χ3n) is 5.43. The van der Waals surface area contributed by atoms with Crippen molar-refractivity contribution in [1.82, 2.24) is 10.6 Å². The molecule has 2 amide bonds. The Kier molecular flexibility index (Phi) is 10.4. The van der Waals surface area contributed by atoms with Crippen molar-refractivity contribution in [3.63, 3.8) is 0 Å². The van der Waals surface area contributed by atoms with Gasteiger partial charge in [0.1, 0.15) is 30.1 Å². The van der Waals surface area contributed by atoms with Crippen molar-refractivity contribution in [3.8, 4) is 0 Å². The van der Waals surface area contributed by atoms with Crippen LogP contribution in [0.5, 0.6) is 0 Å². The fourth-order valence-corrected chi connectivity index (χ4v) is 3.64. The van der Waals surface area contributed by atoms with Crippen LogP contribution in [0.25, 0.3) is 5.83 Å². The number of amides is 2. The van der Waals surface area contributed by atoms with E-state index >= 15 is 0 Å². The number of nitrogens with one attached hydrogen (secondary N) is 2. The Morgan fingerprint density at radius 3 is 1.93 bits per heavy atom. The highest BCUT2D eigenvalue weighted by Gasteiger charge is 2.43. The van der Waals surface area contributed by atoms with Gasteiger partial charge in [-0.1, -0.05) is 17.7 Å². The minimum Gasteiger partial charge on any atom is -0.345 e. The van der Waals surface area contributed by atoms with E-state index in [4.69, 9.17) is 11.6 Å². The van der Waals surface area contributed by atoms with E-state index in [0.717, 1.165) is 6.92 Å². The second-order valence-corrected chi connectivity index (χ2v) is 9.06. The van der Waals surface area contributed by atoms with Crippen molar-refractivity contribution in [2.24, 2.45) is 0 Å². The molecule has 0 aliphatic carbocycles. The van der Waals surface area contributed by atoms with Crippen LogP contribution in [0, 0.1) is 5.82 Å². The summed E-state index contributed by atoms with van der Waals surface area (Å²) in [4.78, 5) is 24.1. The van der Waals surface area contributed by atoms with Gasteiger partial charge >= 0.3 is 24.7 Å². The van der Waals surface area contributed by atoms with Crippen LogP contribution >= 0.6 is 11.6 Å². The molecule has 0 aliphatic rings. The van der Waals surface area contributed by atoms with Crippen LogP contribution in [0.4, 0.5) is 61.5 Å². The zero-order chi connectivity index (χ0) is 33.3. The predicted molar refractivity (Wildman–Crippen MR) is 122 cm³/mol. The smallest absolute Gasteiger partial charge is 0.345 e. The number of alkyl halides is 12. The Morgan fingerprint density at radius 2 is 1.44 bits per heavy atom. The molecule has 0 saturated heterocycles. The number of hydrogen-bond donors (Lipinski definition) is 2. The molecule has 0 radical (unpaired) electrons.